The Hall–Kier alpha value is -1.60. The Kier molecular flexibility index (Phi) is 6.05. The monoisotopic (exact) mass is 227 g/mol. The normalized spacial score (nSPS) is 9.65. The molecule has 1 heteroatoms. The van der Waals surface area contributed by atoms with Crippen molar-refractivity contribution in [2.75, 3.05) is 6.54 Å². The molecule has 0 saturated carbocycles. The van der Waals surface area contributed by atoms with Crippen LogP contribution in [0.4, 0.5) is 0 Å². The number of rotatable bonds is 3. The zero-order valence-electron chi connectivity index (χ0n) is 10.6. The predicted molar refractivity (Wildman–Crippen MR) is 75.1 cm³/mol. The molecule has 0 radical (unpaired) electrons. The highest BCUT2D eigenvalue weighted by Crippen LogP contribution is 2.22. The van der Waals surface area contributed by atoms with Crippen LogP contribution in [-0.2, 0) is 0 Å². The van der Waals surface area contributed by atoms with Crippen molar-refractivity contribution in [1.29, 1.82) is 0 Å². The summed E-state index contributed by atoms with van der Waals surface area (Å²) in [6.07, 6.45) is 0. The van der Waals surface area contributed by atoms with Gasteiger partial charge >= 0.3 is 0 Å². The third-order valence-corrected chi connectivity index (χ3v) is 2.64. The fourth-order valence-electron chi connectivity index (χ4n) is 1.84. The summed E-state index contributed by atoms with van der Waals surface area (Å²) < 4.78 is 0. The first-order valence-corrected chi connectivity index (χ1v) is 6.22. The summed E-state index contributed by atoms with van der Waals surface area (Å²) in [5, 5.41) is 0. The highest BCUT2D eigenvalue weighted by Gasteiger charge is 2.10. The van der Waals surface area contributed by atoms with Gasteiger partial charge in [-0.05, 0) is 11.1 Å². The maximum Gasteiger partial charge on any atom is 0.0212 e. The highest BCUT2D eigenvalue weighted by molar-refractivity contribution is 5.32. The molecule has 0 amide bonds. The Labute approximate surface area is 104 Å². The van der Waals surface area contributed by atoms with Gasteiger partial charge in [0.15, 0.2) is 0 Å². The van der Waals surface area contributed by atoms with Gasteiger partial charge in [-0.15, -0.1) is 0 Å². The van der Waals surface area contributed by atoms with Gasteiger partial charge in [0.1, 0.15) is 0 Å². The molecule has 2 rings (SSSR count). The minimum absolute atomic E-state index is 0.312. The minimum Gasteiger partial charge on any atom is -0.330 e. The molecule has 1 nitrogen and oxygen atoms in total. The maximum absolute atomic E-state index is 5.84. The van der Waals surface area contributed by atoms with Crippen molar-refractivity contribution in [1.82, 2.24) is 0 Å². The van der Waals surface area contributed by atoms with Gasteiger partial charge in [0.25, 0.3) is 0 Å². The van der Waals surface area contributed by atoms with Crippen LogP contribution in [0.1, 0.15) is 30.9 Å². The Balaban J connectivity index is 0.000000686. The zero-order chi connectivity index (χ0) is 12.5. The summed E-state index contributed by atoms with van der Waals surface area (Å²) in [4.78, 5) is 0. The van der Waals surface area contributed by atoms with Crippen LogP contribution < -0.4 is 5.73 Å². The van der Waals surface area contributed by atoms with Crippen molar-refractivity contribution in [3.8, 4) is 0 Å². The number of benzene rings is 2. The van der Waals surface area contributed by atoms with Crippen molar-refractivity contribution in [3.05, 3.63) is 71.8 Å². The highest BCUT2D eigenvalue weighted by atomic mass is 14.5. The smallest absolute Gasteiger partial charge is 0.0212 e. The first-order valence-electron chi connectivity index (χ1n) is 6.22. The topological polar surface area (TPSA) is 26.0 Å². The molecule has 0 unspecified atom stereocenters. The second kappa shape index (κ2) is 7.64. The molecule has 2 aromatic carbocycles. The van der Waals surface area contributed by atoms with E-state index in [1.165, 1.54) is 11.1 Å². The third kappa shape index (κ3) is 3.72. The lowest BCUT2D eigenvalue weighted by atomic mass is 9.92. The molecule has 0 atom stereocenters. The van der Waals surface area contributed by atoms with E-state index in [1.54, 1.807) is 0 Å². The first-order chi connectivity index (χ1) is 8.42. The van der Waals surface area contributed by atoms with Crippen LogP contribution in [0, 0.1) is 0 Å². The number of nitrogens with two attached hydrogens (primary N) is 1. The zero-order valence-corrected chi connectivity index (χ0v) is 10.6. The van der Waals surface area contributed by atoms with E-state index in [1.807, 2.05) is 26.0 Å². The summed E-state index contributed by atoms with van der Waals surface area (Å²) in [7, 11) is 0. The molecule has 0 spiro atoms. The summed E-state index contributed by atoms with van der Waals surface area (Å²) in [6.45, 7) is 4.65. The van der Waals surface area contributed by atoms with Crippen LogP contribution in [0.3, 0.4) is 0 Å². The van der Waals surface area contributed by atoms with E-state index in [4.69, 9.17) is 5.73 Å². The van der Waals surface area contributed by atoms with E-state index in [0.29, 0.717) is 12.5 Å². The van der Waals surface area contributed by atoms with E-state index >= 15 is 0 Å². The Morgan fingerprint density at radius 2 is 1.12 bits per heavy atom. The maximum atomic E-state index is 5.84. The summed E-state index contributed by atoms with van der Waals surface area (Å²) in [5.41, 5.74) is 8.40. The summed E-state index contributed by atoms with van der Waals surface area (Å²) >= 11 is 0. The molecule has 0 fully saturated rings. The molecule has 0 aromatic heterocycles. The SMILES string of the molecule is CC.NCC(c1ccccc1)c1ccccc1. The van der Waals surface area contributed by atoms with E-state index in [-0.39, 0.29) is 0 Å². The van der Waals surface area contributed by atoms with Crippen LogP contribution in [-0.4, -0.2) is 6.54 Å². The fourth-order valence-corrected chi connectivity index (χ4v) is 1.84. The van der Waals surface area contributed by atoms with Crippen LogP contribution >= 0.6 is 0 Å². The second-order valence-electron chi connectivity index (χ2n) is 3.61. The van der Waals surface area contributed by atoms with Crippen molar-refractivity contribution in [3.63, 3.8) is 0 Å². The molecule has 2 aromatic rings. The lowest BCUT2D eigenvalue weighted by molar-refractivity contribution is 0.819. The van der Waals surface area contributed by atoms with Crippen LogP contribution in [0.25, 0.3) is 0 Å². The number of hydrogen-bond donors (Lipinski definition) is 1. The van der Waals surface area contributed by atoms with Gasteiger partial charge in [-0.25, -0.2) is 0 Å². The quantitative estimate of drug-likeness (QED) is 0.848. The molecule has 0 aliphatic carbocycles. The Bertz CT molecular complexity index is 355. The largest absolute Gasteiger partial charge is 0.330 e. The lowest BCUT2D eigenvalue weighted by Gasteiger charge is -2.15. The van der Waals surface area contributed by atoms with E-state index in [9.17, 15) is 0 Å². The van der Waals surface area contributed by atoms with Gasteiger partial charge in [0, 0.05) is 12.5 Å². The predicted octanol–water partition coefficient (Wildman–Crippen LogP) is 3.80. The molecule has 90 valence electrons. The van der Waals surface area contributed by atoms with Crippen molar-refractivity contribution < 1.29 is 0 Å². The van der Waals surface area contributed by atoms with Gasteiger partial charge in [0.05, 0.1) is 0 Å². The van der Waals surface area contributed by atoms with Crippen molar-refractivity contribution >= 4 is 0 Å². The van der Waals surface area contributed by atoms with Gasteiger partial charge in [0.2, 0.25) is 0 Å². The Morgan fingerprint density at radius 1 is 0.765 bits per heavy atom. The molecular weight excluding hydrogens is 206 g/mol. The molecular formula is C16H21N. The standard InChI is InChI=1S/C14H15N.C2H6/c15-11-14(12-7-3-1-4-8-12)13-9-5-2-6-10-13;1-2/h1-10,14H,11,15H2;1-2H3. The molecule has 2 N–H and O–H groups in total. The molecule has 0 bridgehead atoms. The first kappa shape index (κ1) is 13.5. The summed E-state index contributed by atoms with van der Waals surface area (Å²) in [6, 6.07) is 20.8. The van der Waals surface area contributed by atoms with Gasteiger partial charge in [-0.3, -0.25) is 0 Å². The van der Waals surface area contributed by atoms with Gasteiger partial charge < -0.3 is 5.73 Å². The third-order valence-electron chi connectivity index (χ3n) is 2.64. The van der Waals surface area contributed by atoms with Crippen molar-refractivity contribution in [2.45, 2.75) is 19.8 Å². The fraction of sp³-hybridized carbons (Fsp3) is 0.250. The minimum atomic E-state index is 0.312. The average Bonchev–Trinajstić information content (AvgIpc) is 2.44. The van der Waals surface area contributed by atoms with Crippen LogP contribution in [0.15, 0.2) is 60.7 Å². The Morgan fingerprint density at radius 3 is 1.41 bits per heavy atom. The van der Waals surface area contributed by atoms with E-state index in [2.05, 4.69) is 48.5 Å². The van der Waals surface area contributed by atoms with Crippen LogP contribution in [0.5, 0.6) is 0 Å². The molecule has 0 aliphatic rings. The molecule has 0 aliphatic heterocycles. The van der Waals surface area contributed by atoms with Crippen molar-refractivity contribution in [2.24, 2.45) is 5.73 Å². The van der Waals surface area contributed by atoms with E-state index < -0.39 is 0 Å². The lowest BCUT2D eigenvalue weighted by Crippen LogP contribution is -2.13. The summed E-state index contributed by atoms with van der Waals surface area (Å²) in [5.74, 6) is 0.312. The van der Waals surface area contributed by atoms with Gasteiger partial charge in [-0.1, -0.05) is 74.5 Å². The van der Waals surface area contributed by atoms with E-state index in [0.717, 1.165) is 0 Å². The van der Waals surface area contributed by atoms with Crippen LogP contribution in [0.2, 0.25) is 0 Å². The van der Waals surface area contributed by atoms with Gasteiger partial charge in [-0.2, -0.15) is 0 Å². The molecule has 0 saturated heterocycles. The second-order valence-corrected chi connectivity index (χ2v) is 3.61. The molecule has 17 heavy (non-hydrogen) atoms. The average molecular weight is 227 g/mol. The molecule has 0 heterocycles. The number of hydrogen-bond acceptors (Lipinski definition) is 1.